The van der Waals surface area contributed by atoms with Crippen molar-refractivity contribution in [3.63, 3.8) is 0 Å². The van der Waals surface area contributed by atoms with E-state index >= 15 is 0 Å². The Balaban J connectivity index is 2.58. The van der Waals surface area contributed by atoms with Crippen molar-refractivity contribution in [2.75, 3.05) is 7.05 Å². The third-order valence-corrected chi connectivity index (χ3v) is 3.52. The Morgan fingerprint density at radius 1 is 1.00 bits per heavy atom. The predicted octanol–water partition coefficient (Wildman–Crippen LogP) is 4.37. The van der Waals surface area contributed by atoms with Gasteiger partial charge in [0.25, 0.3) is 0 Å². The number of rotatable bonds is 3. The molecule has 1 N–H and O–H groups in total. The fourth-order valence-corrected chi connectivity index (χ4v) is 2.42. The van der Waals surface area contributed by atoms with Gasteiger partial charge in [-0.3, -0.25) is 0 Å². The topological polar surface area (TPSA) is 12.0 Å². The Hall–Kier alpha value is -1.52. The molecule has 0 saturated heterocycles. The van der Waals surface area contributed by atoms with E-state index in [2.05, 4.69) is 5.32 Å². The van der Waals surface area contributed by atoms with Gasteiger partial charge < -0.3 is 5.32 Å². The van der Waals surface area contributed by atoms with Gasteiger partial charge in [-0.15, -0.1) is 0 Å². The minimum Gasteiger partial charge on any atom is -0.309 e. The molecule has 5 heteroatoms. The van der Waals surface area contributed by atoms with Crippen LogP contribution in [0.3, 0.4) is 0 Å². The zero-order chi connectivity index (χ0) is 14.9. The Kier molecular flexibility index (Phi) is 4.35. The summed E-state index contributed by atoms with van der Waals surface area (Å²) in [6, 6.07) is 5.76. The van der Waals surface area contributed by atoms with Crippen LogP contribution in [0.25, 0.3) is 0 Å². The summed E-state index contributed by atoms with van der Waals surface area (Å²) in [5.41, 5.74) is 1.81. The summed E-state index contributed by atoms with van der Waals surface area (Å²) in [6.07, 6.45) is 0. The summed E-state index contributed by atoms with van der Waals surface area (Å²) in [4.78, 5) is 0. The van der Waals surface area contributed by atoms with Crippen LogP contribution < -0.4 is 5.32 Å². The Morgan fingerprint density at radius 2 is 1.65 bits per heavy atom. The molecule has 0 heterocycles. The second-order valence-electron chi connectivity index (χ2n) is 4.51. The Morgan fingerprint density at radius 3 is 2.30 bits per heavy atom. The molecule has 1 atom stereocenters. The number of aryl methyl sites for hydroxylation is 1. The number of hydrogen-bond acceptors (Lipinski definition) is 1. The van der Waals surface area contributed by atoms with Gasteiger partial charge in [-0.05, 0) is 54.9 Å². The average Bonchev–Trinajstić information content (AvgIpc) is 2.40. The zero-order valence-electron chi connectivity index (χ0n) is 11.0. The molecule has 0 radical (unpaired) electrons. The van der Waals surface area contributed by atoms with Gasteiger partial charge in [0.05, 0.1) is 6.04 Å². The maximum Gasteiger partial charge on any atom is 0.160 e. The SMILES string of the molecule is CNC(c1cc(F)ccc1C)c1cc(F)c(F)cc1Cl. The van der Waals surface area contributed by atoms with Crippen LogP contribution in [0.4, 0.5) is 13.2 Å². The van der Waals surface area contributed by atoms with E-state index in [0.717, 1.165) is 17.7 Å². The summed E-state index contributed by atoms with van der Waals surface area (Å²) >= 11 is 5.98. The summed E-state index contributed by atoms with van der Waals surface area (Å²) in [5.74, 6) is -2.40. The van der Waals surface area contributed by atoms with Crippen molar-refractivity contribution in [1.29, 1.82) is 0 Å². The number of hydrogen-bond donors (Lipinski definition) is 1. The fourth-order valence-electron chi connectivity index (χ4n) is 2.16. The molecule has 0 saturated carbocycles. The number of nitrogens with one attached hydrogen (secondary N) is 1. The van der Waals surface area contributed by atoms with Crippen molar-refractivity contribution in [1.82, 2.24) is 5.32 Å². The van der Waals surface area contributed by atoms with Crippen LogP contribution in [-0.2, 0) is 0 Å². The molecular formula is C15H13ClF3N. The molecule has 1 nitrogen and oxygen atoms in total. The Labute approximate surface area is 120 Å². The highest BCUT2D eigenvalue weighted by Gasteiger charge is 2.20. The third kappa shape index (κ3) is 2.81. The van der Waals surface area contributed by atoms with E-state index in [1.165, 1.54) is 12.1 Å². The molecule has 0 aliphatic rings. The quantitative estimate of drug-likeness (QED) is 0.830. The van der Waals surface area contributed by atoms with Gasteiger partial charge in [0, 0.05) is 5.02 Å². The molecule has 106 valence electrons. The zero-order valence-corrected chi connectivity index (χ0v) is 11.7. The first-order chi connectivity index (χ1) is 9.43. The van der Waals surface area contributed by atoms with Crippen LogP contribution in [0.15, 0.2) is 30.3 Å². The van der Waals surface area contributed by atoms with Gasteiger partial charge in [0.1, 0.15) is 5.82 Å². The molecular weight excluding hydrogens is 287 g/mol. The van der Waals surface area contributed by atoms with Crippen LogP contribution >= 0.6 is 11.6 Å². The lowest BCUT2D eigenvalue weighted by molar-refractivity contribution is 0.505. The van der Waals surface area contributed by atoms with Crippen LogP contribution in [-0.4, -0.2) is 7.05 Å². The van der Waals surface area contributed by atoms with E-state index < -0.39 is 23.5 Å². The maximum absolute atomic E-state index is 13.4. The summed E-state index contributed by atoms with van der Waals surface area (Å²) < 4.78 is 40.0. The molecule has 2 rings (SSSR count). The monoisotopic (exact) mass is 299 g/mol. The van der Waals surface area contributed by atoms with Crippen LogP contribution in [0, 0.1) is 24.4 Å². The highest BCUT2D eigenvalue weighted by molar-refractivity contribution is 6.31. The normalized spacial score (nSPS) is 12.5. The molecule has 2 aromatic carbocycles. The average molecular weight is 300 g/mol. The molecule has 1 unspecified atom stereocenters. The molecule has 2 aromatic rings. The van der Waals surface area contributed by atoms with E-state index in [4.69, 9.17) is 11.6 Å². The minimum absolute atomic E-state index is 0.0897. The molecule has 0 spiro atoms. The van der Waals surface area contributed by atoms with Gasteiger partial charge in [0.15, 0.2) is 11.6 Å². The molecule has 20 heavy (non-hydrogen) atoms. The summed E-state index contributed by atoms with van der Waals surface area (Å²) in [5, 5.41) is 3.04. The van der Waals surface area contributed by atoms with Crippen molar-refractivity contribution >= 4 is 11.6 Å². The molecule has 0 amide bonds. The maximum atomic E-state index is 13.4. The van der Waals surface area contributed by atoms with Gasteiger partial charge in [-0.25, -0.2) is 13.2 Å². The van der Waals surface area contributed by atoms with E-state index in [0.29, 0.717) is 11.1 Å². The fraction of sp³-hybridized carbons (Fsp3) is 0.200. The minimum atomic E-state index is -1.01. The van der Waals surface area contributed by atoms with Crippen molar-refractivity contribution in [3.05, 3.63) is 69.5 Å². The largest absolute Gasteiger partial charge is 0.309 e. The van der Waals surface area contributed by atoms with E-state index in [1.54, 1.807) is 13.1 Å². The van der Waals surface area contributed by atoms with Crippen LogP contribution in [0.5, 0.6) is 0 Å². The standard InChI is InChI=1S/C15H13ClF3N/c1-8-3-4-9(17)5-10(8)15(20-2)11-6-13(18)14(19)7-12(11)16/h3-7,15,20H,1-2H3. The van der Waals surface area contributed by atoms with Crippen molar-refractivity contribution in [2.45, 2.75) is 13.0 Å². The van der Waals surface area contributed by atoms with Crippen molar-refractivity contribution in [3.8, 4) is 0 Å². The summed E-state index contributed by atoms with van der Waals surface area (Å²) in [7, 11) is 1.65. The Bertz CT molecular complexity index is 643. The highest BCUT2D eigenvalue weighted by Crippen LogP contribution is 2.31. The van der Waals surface area contributed by atoms with E-state index in [9.17, 15) is 13.2 Å². The first-order valence-electron chi connectivity index (χ1n) is 6.01. The van der Waals surface area contributed by atoms with Gasteiger partial charge in [-0.1, -0.05) is 17.7 Å². The lowest BCUT2D eigenvalue weighted by atomic mass is 9.94. The number of benzene rings is 2. The summed E-state index contributed by atoms with van der Waals surface area (Å²) in [6.45, 7) is 1.81. The van der Waals surface area contributed by atoms with Crippen LogP contribution in [0.2, 0.25) is 5.02 Å². The predicted molar refractivity (Wildman–Crippen MR) is 73.4 cm³/mol. The highest BCUT2D eigenvalue weighted by atomic mass is 35.5. The second kappa shape index (κ2) is 5.85. The smallest absolute Gasteiger partial charge is 0.160 e. The third-order valence-electron chi connectivity index (χ3n) is 3.19. The molecule has 0 aliphatic heterocycles. The first kappa shape index (κ1) is 14.9. The number of halogens is 4. The lowest BCUT2D eigenvalue weighted by Gasteiger charge is -2.21. The molecule has 0 fully saturated rings. The van der Waals surface area contributed by atoms with E-state index in [-0.39, 0.29) is 5.02 Å². The van der Waals surface area contributed by atoms with Gasteiger partial charge >= 0.3 is 0 Å². The van der Waals surface area contributed by atoms with Crippen LogP contribution in [0.1, 0.15) is 22.7 Å². The van der Waals surface area contributed by atoms with Crippen molar-refractivity contribution in [2.24, 2.45) is 0 Å². The van der Waals surface area contributed by atoms with Crippen molar-refractivity contribution < 1.29 is 13.2 Å². The lowest BCUT2D eigenvalue weighted by Crippen LogP contribution is -2.19. The molecule has 0 aliphatic carbocycles. The molecule has 0 aromatic heterocycles. The first-order valence-corrected chi connectivity index (χ1v) is 6.39. The molecule has 0 bridgehead atoms. The van der Waals surface area contributed by atoms with Gasteiger partial charge in [0.2, 0.25) is 0 Å². The van der Waals surface area contributed by atoms with E-state index in [1.807, 2.05) is 6.92 Å². The van der Waals surface area contributed by atoms with Gasteiger partial charge in [-0.2, -0.15) is 0 Å². The second-order valence-corrected chi connectivity index (χ2v) is 4.92.